The molecule has 10 rings (SSSR count). The third-order valence-corrected chi connectivity index (χ3v) is 10.9. The lowest BCUT2D eigenvalue weighted by atomic mass is 9.98. The van der Waals surface area contributed by atoms with Crippen molar-refractivity contribution >= 4 is 81.3 Å². The molecule has 0 fully saturated rings. The van der Waals surface area contributed by atoms with Gasteiger partial charge >= 0.3 is 0 Å². The van der Waals surface area contributed by atoms with E-state index in [0.717, 1.165) is 39.0 Å². The molecule has 2 heterocycles. The zero-order valence-corrected chi connectivity index (χ0v) is 27.3. The van der Waals surface area contributed by atoms with Crippen LogP contribution >= 0.6 is 11.3 Å². The summed E-state index contributed by atoms with van der Waals surface area (Å²) in [5.74, 6) is 0. The Labute approximate surface area is 287 Å². The van der Waals surface area contributed by atoms with Gasteiger partial charge in [-0.1, -0.05) is 121 Å². The fourth-order valence-electron chi connectivity index (χ4n) is 7.34. The van der Waals surface area contributed by atoms with Gasteiger partial charge in [-0.15, -0.1) is 11.3 Å². The maximum Gasteiger partial charge on any atom is 0.135 e. The molecule has 0 radical (unpaired) electrons. The molecule has 0 aliphatic rings. The number of para-hydroxylation sites is 2. The van der Waals surface area contributed by atoms with Crippen molar-refractivity contribution < 1.29 is 4.42 Å². The third-order valence-electron chi connectivity index (χ3n) is 9.64. The predicted molar refractivity (Wildman–Crippen MR) is 210 cm³/mol. The molecule has 3 heteroatoms. The molecule has 0 bridgehead atoms. The quantitative estimate of drug-likeness (QED) is 0.186. The predicted octanol–water partition coefficient (Wildman–Crippen LogP) is 13.9. The van der Waals surface area contributed by atoms with Crippen LogP contribution in [0.5, 0.6) is 0 Å². The van der Waals surface area contributed by atoms with Crippen LogP contribution < -0.4 is 4.90 Å². The average Bonchev–Trinajstić information content (AvgIpc) is 3.73. The minimum atomic E-state index is 0.887. The lowest BCUT2D eigenvalue weighted by Crippen LogP contribution is -2.11. The SMILES string of the molecule is c1cc(-c2cccc3c2sc2ccccc23)cc(N(c2ccc3oc4ccccc4c3c2)c2ccccc2-c2ccc3ccccc3c2)c1. The fraction of sp³-hybridized carbons (Fsp3) is 0. The van der Waals surface area contributed by atoms with Crippen LogP contribution in [0.15, 0.2) is 180 Å². The fourth-order valence-corrected chi connectivity index (χ4v) is 8.58. The van der Waals surface area contributed by atoms with Gasteiger partial charge in [0, 0.05) is 47.9 Å². The van der Waals surface area contributed by atoms with Crippen LogP contribution in [0.2, 0.25) is 0 Å². The molecule has 2 nitrogen and oxygen atoms in total. The molecular weight excluding hydrogens is 615 g/mol. The van der Waals surface area contributed by atoms with Gasteiger partial charge in [-0.3, -0.25) is 0 Å². The van der Waals surface area contributed by atoms with Crippen molar-refractivity contribution in [3.8, 4) is 22.3 Å². The number of fused-ring (bicyclic) bond motifs is 7. The lowest BCUT2D eigenvalue weighted by molar-refractivity contribution is 0.669. The monoisotopic (exact) mass is 643 g/mol. The van der Waals surface area contributed by atoms with Crippen molar-refractivity contribution in [2.24, 2.45) is 0 Å². The van der Waals surface area contributed by atoms with Gasteiger partial charge in [0.2, 0.25) is 0 Å². The van der Waals surface area contributed by atoms with Gasteiger partial charge in [0.1, 0.15) is 11.2 Å². The molecular formula is C46H29NOS. The number of hydrogen-bond acceptors (Lipinski definition) is 3. The van der Waals surface area contributed by atoms with Crippen molar-refractivity contribution in [3.05, 3.63) is 176 Å². The average molecular weight is 644 g/mol. The second-order valence-corrected chi connectivity index (χ2v) is 13.6. The second kappa shape index (κ2) is 11.2. The number of rotatable bonds is 5. The number of anilines is 3. The summed E-state index contributed by atoms with van der Waals surface area (Å²) < 4.78 is 8.89. The summed E-state index contributed by atoms with van der Waals surface area (Å²) in [5.41, 5.74) is 9.86. The van der Waals surface area contributed by atoms with Crippen LogP contribution in [0, 0.1) is 0 Å². The van der Waals surface area contributed by atoms with Crippen molar-refractivity contribution in [1.82, 2.24) is 0 Å². The van der Waals surface area contributed by atoms with Gasteiger partial charge in [0.05, 0.1) is 5.69 Å². The van der Waals surface area contributed by atoms with Crippen LogP contribution in [0.1, 0.15) is 0 Å². The molecule has 0 unspecified atom stereocenters. The first-order valence-electron chi connectivity index (χ1n) is 16.6. The van der Waals surface area contributed by atoms with Gasteiger partial charge in [0.25, 0.3) is 0 Å². The van der Waals surface area contributed by atoms with Gasteiger partial charge < -0.3 is 9.32 Å². The van der Waals surface area contributed by atoms with Crippen LogP contribution in [-0.2, 0) is 0 Å². The Bertz CT molecular complexity index is 2860. The van der Waals surface area contributed by atoms with Gasteiger partial charge in [-0.05, 0) is 82.1 Å². The van der Waals surface area contributed by atoms with E-state index < -0.39 is 0 Å². The molecule has 10 aromatic rings. The minimum absolute atomic E-state index is 0.887. The number of nitrogens with zero attached hydrogens (tertiary/aromatic N) is 1. The van der Waals surface area contributed by atoms with E-state index in [4.69, 9.17) is 4.42 Å². The minimum Gasteiger partial charge on any atom is -0.456 e. The molecule has 0 aliphatic heterocycles. The standard InChI is InChI=1S/C46H29NOS/c1-2-12-31-27-33(24-23-30(31)11-1)36-15-3-6-20-42(36)47(35-25-26-44-41(29-35)38-16-4-7-21-43(38)48-44)34-14-9-13-32(28-34)37-18-10-19-40-39-17-5-8-22-45(39)49-46(37)40/h1-29H. The van der Waals surface area contributed by atoms with Crippen molar-refractivity contribution in [1.29, 1.82) is 0 Å². The van der Waals surface area contributed by atoms with Crippen LogP contribution in [0.3, 0.4) is 0 Å². The summed E-state index contributed by atoms with van der Waals surface area (Å²) in [4.78, 5) is 2.40. The Balaban J connectivity index is 1.20. The Morgan fingerprint density at radius 2 is 1.10 bits per heavy atom. The maximum absolute atomic E-state index is 6.26. The lowest BCUT2D eigenvalue weighted by Gasteiger charge is -2.28. The highest BCUT2D eigenvalue weighted by molar-refractivity contribution is 7.26. The molecule has 0 N–H and O–H groups in total. The Hall–Kier alpha value is -6.16. The Morgan fingerprint density at radius 3 is 2.06 bits per heavy atom. The first-order valence-corrected chi connectivity index (χ1v) is 17.4. The van der Waals surface area contributed by atoms with Crippen LogP contribution in [0.4, 0.5) is 17.1 Å². The highest BCUT2D eigenvalue weighted by Crippen LogP contribution is 2.45. The molecule has 0 aliphatic carbocycles. The van der Waals surface area contributed by atoms with Crippen molar-refractivity contribution in [2.75, 3.05) is 4.90 Å². The van der Waals surface area contributed by atoms with E-state index >= 15 is 0 Å². The molecule has 230 valence electrons. The molecule has 49 heavy (non-hydrogen) atoms. The van der Waals surface area contributed by atoms with E-state index in [9.17, 15) is 0 Å². The Morgan fingerprint density at radius 1 is 0.408 bits per heavy atom. The second-order valence-electron chi connectivity index (χ2n) is 12.5. The first-order chi connectivity index (χ1) is 24.3. The molecule has 0 saturated carbocycles. The van der Waals surface area contributed by atoms with Gasteiger partial charge in [-0.25, -0.2) is 0 Å². The molecule has 0 amide bonds. The summed E-state index contributed by atoms with van der Waals surface area (Å²) in [6.45, 7) is 0. The van der Waals surface area contributed by atoms with E-state index in [1.54, 1.807) is 0 Å². The normalized spacial score (nSPS) is 11.7. The van der Waals surface area contributed by atoms with E-state index in [2.05, 4.69) is 169 Å². The summed E-state index contributed by atoms with van der Waals surface area (Å²) in [5, 5.41) is 7.30. The Kier molecular flexibility index (Phi) is 6.39. The van der Waals surface area contributed by atoms with E-state index in [-0.39, 0.29) is 0 Å². The molecule has 0 saturated heterocycles. The number of benzene rings is 8. The van der Waals surface area contributed by atoms with Gasteiger partial charge in [0.15, 0.2) is 0 Å². The van der Waals surface area contributed by atoms with Gasteiger partial charge in [-0.2, -0.15) is 0 Å². The summed E-state index contributed by atoms with van der Waals surface area (Å²) in [7, 11) is 0. The van der Waals surface area contributed by atoms with Crippen LogP contribution in [-0.4, -0.2) is 0 Å². The summed E-state index contributed by atoms with van der Waals surface area (Å²) in [6.07, 6.45) is 0. The zero-order chi connectivity index (χ0) is 32.3. The smallest absolute Gasteiger partial charge is 0.135 e. The van der Waals surface area contributed by atoms with E-state index in [0.29, 0.717) is 0 Å². The molecule has 2 aromatic heterocycles. The first kappa shape index (κ1) is 27.9. The van der Waals surface area contributed by atoms with Crippen LogP contribution in [0.25, 0.3) is 75.1 Å². The van der Waals surface area contributed by atoms with E-state index in [1.807, 2.05) is 23.5 Å². The molecule has 8 aromatic carbocycles. The molecule has 0 atom stereocenters. The highest BCUT2D eigenvalue weighted by Gasteiger charge is 2.20. The summed E-state index contributed by atoms with van der Waals surface area (Å²) in [6, 6.07) is 63.3. The number of thiophene rings is 1. The zero-order valence-electron chi connectivity index (χ0n) is 26.5. The summed E-state index contributed by atoms with van der Waals surface area (Å²) >= 11 is 1.87. The largest absolute Gasteiger partial charge is 0.456 e. The molecule has 0 spiro atoms. The van der Waals surface area contributed by atoms with Crippen molar-refractivity contribution in [2.45, 2.75) is 0 Å². The van der Waals surface area contributed by atoms with Crippen molar-refractivity contribution in [3.63, 3.8) is 0 Å². The third kappa shape index (κ3) is 4.62. The number of furan rings is 1. The highest BCUT2D eigenvalue weighted by atomic mass is 32.1. The van der Waals surface area contributed by atoms with E-state index in [1.165, 1.54) is 53.2 Å². The number of hydrogen-bond donors (Lipinski definition) is 0. The topological polar surface area (TPSA) is 16.4 Å². The maximum atomic E-state index is 6.26.